The van der Waals surface area contributed by atoms with Crippen LogP contribution in [0.1, 0.15) is 6.04 Å². The number of aromatic nitrogens is 2. The quantitative estimate of drug-likeness (QED) is 0.715. The molecule has 0 bridgehead atoms. The van der Waals surface area contributed by atoms with E-state index in [1.807, 2.05) is 0 Å². The van der Waals surface area contributed by atoms with Crippen LogP contribution in [-0.2, 0) is 7.05 Å². The third-order valence-electron chi connectivity index (χ3n) is 3.41. The molecule has 2 aromatic rings. The van der Waals surface area contributed by atoms with Crippen LogP contribution in [0.15, 0.2) is 27.8 Å². The third kappa shape index (κ3) is 1.39. The van der Waals surface area contributed by atoms with Gasteiger partial charge < -0.3 is 10.4 Å². The van der Waals surface area contributed by atoms with Crippen LogP contribution in [0.2, 0.25) is 0 Å². The number of hydrogen-bond donors (Lipinski definition) is 2. The molecule has 0 amide bonds. The van der Waals surface area contributed by atoms with Crippen LogP contribution in [0.5, 0.6) is 5.75 Å². The summed E-state index contributed by atoms with van der Waals surface area (Å²) in [6, 6.07) is 4.36. The fourth-order valence-corrected chi connectivity index (χ4v) is 2.24. The van der Waals surface area contributed by atoms with Gasteiger partial charge >= 0.3 is 5.69 Å². The highest BCUT2D eigenvalue weighted by Gasteiger charge is 2.24. The van der Waals surface area contributed by atoms with Crippen molar-refractivity contribution in [3.63, 3.8) is 0 Å². The highest BCUT2D eigenvalue weighted by atomic mass is 16.3. The molecule has 0 atom stereocenters. The molecule has 1 aliphatic rings. The molecule has 18 heavy (non-hydrogen) atoms. The summed E-state index contributed by atoms with van der Waals surface area (Å²) in [4.78, 5) is 24.5. The Morgan fingerprint density at radius 3 is 2.67 bits per heavy atom. The van der Waals surface area contributed by atoms with E-state index >= 15 is 0 Å². The zero-order valence-electron chi connectivity index (χ0n) is 9.88. The lowest BCUT2D eigenvalue weighted by molar-refractivity contribution is 0.323. The molecule has 2 N–H and O–H groups in total. The van der Waals surface area contributed by atoms with E-state index in [9.17, 15) is 14.7 Å². The Hall–Kier alpha value is -2.08. The summed E-state index contributed by atoms with van der Waals surface area (Å²) in [6.07, 6.45) is 0. The van der Waals surface area contributed by atoms with Crippen LogP contribution in [0.25, 0.3) is 10.9 Å². The molecule has 0 aliphatic carbocycles. The summed E-state index contributed by atoms with van der Waals surface area (Å²) >= 11 is 0. The lowest BCUT2D eigenvalue weighted by Crippen LogP contribution is -2.53. The molecule has 1 aromatic carbocycles. The second-order valence-corrected chi connectivity index (χ2v) is 4.53. The average molecular weight is 247 g/mol. The van der Waals surface area contributed by atoms with Crippen LogP contribution in [0.4, 0.5) is 0 Å². The Labute approximate surface area is 102 Å². The summed E-state index contributed by atoms with van der Waals surface area (Å²) in [7, 11) is 1.60. The van der Waals surface area contributed by atoms with E-state index in [4.69, 9.17) is 0 Å². The zero-order chi connectivity index (χ0) is 12.9. The molecule has 1 aromatic heterocycles. The first-order chi connectivity index (χ1) is 8.59. The minimum atomic E-state index is -0.343. The minimum absolute atomic E-state index is 0.0416. The molecular weight excluding hydrogens is 234 g/mol. The number of nitrogens with zero attached hydrogens (tertiary/aromatic N) is 2. The number of rotatable bonds is 1. The number of phenolic OH excluding ortho intramolecular Hbond substituents is 1. The van der Waals surface area contributed by atoms with Crippen LogP contribution in [0, 0.1) is 0 Å². The first-order valence-corrected chi connectivity index (χ1v) is 5.74. The van der Waals surface area contributed by atoms with E-state index in [-0.39, 0.29) is 23.0 Å². The molecule has 6 nitrogen and oxygen atoms in total. The smallest absolute Gasteiger partial charge is 0.331 e. The summed E-state index contributed by atoms with van der Waals surface area (Å²) in [6.45, 7) is 1.28. The van der Waals surface area contributed by atoms with E-state index < -0.39 is 0 Å². The van der Waals surface area contributed by atoms with Crippen molar-refractivity contribution < 1.29 is 5.11 Å². The van der Waals surface area contributed by atoms with Gasteiger partial charge in [-0.1, -0.05) is 0 Å². The van der Waals surface area contributed by atoms with Crippen molar-refractivity contribution >= 4 is 10.9 Å². The number of fused-ring (bicyclic) bond motifs is 1. The number of nitrogens with one attached hydrogen (secondary N) is 1. The Morgan fingerprint density at radius 1 is 1.33 bits per heavy atom. The largest absolute Gasteiger partial charge is 0.508 e. The van der Waals surface area contributed by atoms with Gasteiger partial charge in [-0.05, 0) is 12.1 Å². The van der Waals surface area contributed by atoms with Gasteiger partial charge in [0.2, 0.25) is 0 Å². The highest BCUT2D eigenvalue weighted by molar-refractivity contribution is 5.79. The van der Waals surface area contributed by atoms with Crippen molar-refractivity contribution in [1.82, 2.24) is 14.5 Å². The van der Waals surface area contributed by atoms with Crippen molar-refractivity contribution in [2.75, 3.05) is 13.1 Å². The van der Waals surface area contributed by atoms with Gasteiger partial charge in [-0.25, -0.2) is 4.79 Å². The Balaban J connectivity index is 2.43. The molecule has 0 radical (unpaired) electrons. The van der Waals surface area contributed by atoms with E-state index in [1.54, 1.807) is 13.1 Å². The SMILES string of the molecule is Cn1c(=O)n(C2CNC2)c(=O)c2ccc(O)cc21. The molecule has 3 rings (SSSR count). The number of phenols is 1. The predicted molar refractivity (Wildman–Crippen MR) is 67.0 cm³/mol. The molecule has 1 fully saturated rings. The Morgan fingerprint density at radius 2 is 2.06 bits per heavy atom. The second-order valence-electron chi connectivity index (χ2n) is 4.53. The number of aryl methyl sites for hydroxylation is 1. The van der Waals surface area contributed by atoms with Gasteiger partial charge in [-0.3, -0.25) is 13.9 Å². The minimum Gasteiger partial charge on any atom is -0.508 e. The van der Waals surface area contributed by atoms with Crippen LogP contribution in [0.3, 0.4) is 0 Å². The van der Waals surface area contributed by atoms with Gasteiger partial charge in [0.15, 0.2) is 0 Å². The highest BCUT2D eigenvalue weighted by Crippen LogP contribution is 2.16. The number of hydrogen-bond acceptors (Lipinski definition) is 4. The third-order valence-corrected chi connectivity index (χ3v) is 3.41. The predicted octanol–water partition coefficient (Wildman–Crippen LogP) is -0.450. The first kappa shape index (κ1) is 11.0. The molecule has 1 aliphatic heterocycles. The molecule has 0 saturated carbocycles. The number of aromatic hydroxyl groups is 1. The monoisotopic (exact) mass is 247 g/mol. The molecule has 0 spiro atoms. The standard InChI is InChI=1S/C12H13N3O3/c1-14-10-4-8(16)2-3-9(10)11(17)15(12(14)18)7-5-13-6-7/h2-4,7,13,16H,5-6H2,1H3. The lowest BCUT2D eigenvalue weighted by atomic mass is 10.1. The van der Waals surface area contributed by atoms with Gasteiger partial charge in [0.25, 0.3) is 5.56 Å². The van der Waals surface area contributed by atoms with Crippen molar-refractivity contribution in [3.05, 3.63) is 39.0 Å². The van der Waals surface area contributed by atoms with Crippen molar-refractivity contribution in [3.8, 4) is 5.75 Å². The molecular formula is C12H13N3O3. The average Bonchev–Trinajstić information content (AvgIpc) is 2.29. The van der Waals surface area contributed by atoms with Crippen LogP contribution >= 0.6 is 0 Å². The summed E-state index contributed by atoms with van der Waals surface area (Å²) in [5, 5.41) is 12.9. The topological polar surface area (TPSA) is 76.3 Å². The summed E-state index contributed by atoms with van der Waals surface area (Å²) in [5.41, 5.74) is -0.183. The summed E-state index contributed by atoms with van der Waals surface area (Å²) in [5.74, 6) is 0.0416. The van der Waals surface area contributed by atoms with Crippen molar-refractivity contribution in [1.29, 1.82) is 0 Å². The fraction of sp³-hybridized carbons (Fsp3) is 0.333. The Bertz CT molecular complexity index is 741. The van der Waals surface area contributed by atoms with E-state index in [0.717, 1.165) is 0 Å². The van der Waals surface area contributed by atoms with Gasteiger partial charge in [0.05, 0.1) is 16.9 Å². The maximum Gasteiger partial charge on any atom is 0.331 e. The van der Waals surface area contributed by atoms with Crippen LogP contribution in [-0.4, -0.2) is 27.3 Å². The fourth-order valence-electron chi connectivity index (χ4n) is 2.24. The van der Waals surface area contributed by atoms with Crippen molar-refractivity contribution in [2.45, 2.75) is 6.04 Å². The normalized spacial score (nSPS) is 15.8. The molecule has 94 valence electrons. The summed E-state index contributed by atoms with van der Waals surface area (Å²) < 4.78 is 2.69. The molecule has 2 heterocycles. The maximum absolute atomic E-state index is 12.3. The molecule has 0 unspecified atom stereocenters. The van der Waals surface area contributed by atoms with Gasteiger partial charge in [0.1, 0.15) is 5.75 Å². The van der Waals surface area contributed by atoms with E-state index in [0.29, 0.717) is 24.0 Å². The Kier molecular flexibility index (Phi) is 2.27. The maximum atomic E-state index is 12.3. The van der Waals surface area contributed by atoms with Crippen molar-refractivity contribution in [2.24, 2.45) is 7.05 Å². The number of benzene rings is 1. The van der Waals surface area contributed by atoms with E-state index in [1.165, 1.54) is 21.3 Å². The second kappa shape index (κ2) is 3.71. The molecule has 1 saturated heterocycles. The van der Waals surface area contributed by atoms with Gasteiger partial charge in [0, 0.05) is 26.2 Å². The van der Waals surface area contributed by atoms with Gasteiger partial charge in [-0.15, -0.1) is 0 Å². The van der Waals surface area contributed by atoms with Gasteiger partial charge in [-0.2, -0.15) is 0 Å². The first-order valence-electron chi connectivity index (χ1n) is 5.74. The van der Waals surface area contributed by atoms with Crippen LogP contribution < -0.4 is 16.6 Å². The lowest BCUT2D eigenvalue weighted by Gasteiger charge is -2.28. The zero-order valence-corrected chi connectivity index (χ0v) is 9.88. The molecule has 6 heteroatoms. The van der Waals surface area contributed by atoms with E-state index in [2.05, 4.69) is 5.32 Å².